The number of fused-ring (bicyclic) bond motifs is 1. The predicted octanol–water partition coefficient (Wildman–Crippen LogP) is 14.9. The van der Waals surface area contributed by atoms with Crippen molar-refractivity contribution in [1.82, 2.24) is 15.0 Å². The third-order valence-electron chi connectivity index (χ3n) is 11.7. The zero-order valence-electron chi connectivity index (χ0n) is 35.1. The van der Waals surface area contributed by atoms with Crippen molar-refractivity contribution >= 4 is 24.0 Å². The van der Waals surface area contributed by atoms with E-state index in [-0.39, 0.29) is 0 Å². The monoisotopic (exact) mass is 811 g/mol. The fourth-order valence-corrected chi connectivity index (χ4v) is 9.43. The lowest BCUT2D eigenvalue weighted by atomic mass is 9.94. The van der Waals surface area contributed by atoms with Crippen molar-refractivity contribution < 1.29 is 0 Å². The second-order valence-corrected chi connectivity index (χ2v) is 22.0. The lowest BCUT2D eigenvalue weighted by molar-refractivity contribution is 1.07. The molecule has 0 atom stereocenters. The predicted molar refractivity (Wildman–Crippen MR) is 264 cm³/mol. The van der Waals surface area contributed by atoms with Crippen molar-refractivity contribution in [2.45, 2.75) is 19.6 Å². The molecule has 296 valence electrons. The van der Waals surface area contributed by atoms with Crippen LogP contribution < -0.4 is 5.19 Å². The van der Waals surface area contributed by atoms with E-state index in [1.807, 2.05) is 0 Å². The van der Waals surface area contributed by atoms with Gasteiger partial charge in [0.25, 0.3) is 0 Å². The molecule has 10 rings (SSSR count). The quantitative estimate of drug-likeness (QED) is 0.136. The minimum Gasteiger partial charge on any atom is -0.208 e. The Morgan fingerprint density at radius 2 is 0.629 bits per heavy atom. The summed E-state index contributed by atoms with van der Waals surface area (Å²) < 4.78 is 0. The van der Waals surface area contributed by atoms with Crippen LogP contribution >= 0.6 is 0 Å². The Morgan fingerprint density at radius 3 is 1.15 bits per heavy atom. The summed E-state index contributed by atoms with van der Waals surface area (Å²) in [6.07, 6.45) is 0. The van der Waals surface area contributed by atoms with E-state index in [0.29, 0.717) is 17.5 Å². The molecular weight excluding hydrogens is 767 g/mol. The van der Waals surface area contributed by atoms with E-state index < -0.39 is 8.07 Å². The highest BCUT2D eigenvalue weighted by molar-refractivity contribution is 6.88. The maximum absolute atomic E-state index is 5.16. The number of aromatic nitrogens is 3. The largest absolute Gasteiger partial charge is 0.208 e. The lowest BCUT2D eigenvalue weighted by Crippen LogP contribution is -2.37. The summed E-state index contributed by atoms with van der Waals surface area (Å²) in [5, 5.41) is 3.86. The van der Waals surface area contributed by atoms with Crippen LogP contribution in [0.2, 0.25) is 19.6 Å². The van der Waals surface area contributed by atoms with Gasteiger partial charge in [-0.15, -0.1) is 0 Å². The van der Waals surface area contributed by atoms with E-state index in [1.54, 1.807) is 0 Å². The highest BCUT2D eigenvalue weighted by Crippen LogP contribution is 2.35. The molecule has 0 saturated carbocycles. The molecular formula is C58H45N3Si. The van der Waals surface area contributed by atoms with E-state index in [2.05, 4.69) is 238 Å². The maximum Gasteiger partial charge on any atom is 0.164 e. The minimum absolute atomic E-state index is 0.640. The third kappa shape index (κ3) is 8.04. The van der Waals surface area contributed by atoms with Gasteiger partial charge in [0.15, 0.2) is 17.5 Å². The molecule has 0 radical (unpaired) electrons. The van der Waals surface area contributed by atoms with Gasteiger partial charge in [0.2, 0.25) is 0 Å². The number of nitrogens with zero attached hydrogens (tertiary/aromatic N) is 3. The van der Waals surface area contributed by atoms with Gasteiger partial charge in [0.05, 0.1) is 8.07 Å². The van der Waals surface area contributed by atoms with E-state index in [0.717, 1.165) is 38.9 Å². The first kappa shape index (κ1) is 38.7. The fraction of sp³-hybridized carbons (Fsp3) is 0.0517. The van der Waals surface area contributed by atoms with Gasteiger partial charge in [0, 0.05) is 16.7 Å². The SMILES string of the molecule is C[Si](C)(C)c1ccc(-c2nc(-c3ccc(-c4cccc5ccccc45)cc3)nc(-c3cccc(-c4cccc(-c5cccc(-c6cccc(-c7ccccc7)c6)c5)c4)c3)n2)cc1. The van der Waals surface area contributed by atoms with Crippen LogP contribution in [0.5, 0.6) is 0 Å². The maximum atomic E-state index is 5.16. The summed E-state index contributed by atoms with van der Waals surface area (Å²) in [4.78, 5) is 15.4. The summed E-state index contributed by atoms with van der Waals surface area (Å²) >= 11 is 0. The second-order valence-electron chi connectivity index (χ2n) is 16.9. The second kappa shape index (κ2) is 16.5. The van der Waals surface area contributed by atoms with Crippen molar-refractivity contribution in [3.8, 4) is 89.8 Å². The smallest absolute Gasteiger partial charge is 0.164 e. The lowest BCUT2D eigenvalue weighted by Gasteiger charge is -2.16. The Morgan fingerprint density at radius 1 is 0.274 bits per heavy atom. The summed E-state index contributed by atoms with van der Waals surface area (Å²) in [5.74, 6) is 1.94. The zero-order chi connectivity index (χ0) is 42.0. The van der Waals surface area contributed by atoms with Crippen molar-refractivity contribution in [1.29, 1.82) is 0 Å². The molecule has 3 nitrogen and oxygen atoms in total. The van der Waals surface area contributed by atoms with Crippen LogP contribution in [0, 0.1) is 0 Å². The van der Waals surface area contributed by atoms with Crippen LogP contribution in [0.3, 0.4) is 0 Å². The van der Waals surface area contributed by atoms with E-state index in [9.17, 15) is 0 Å². The van der Waals surface area contributed by atoms with Crippen molar-refractivity contribution in [3.63, 3.8) is 0 Å². The van der Waals surface area contributed by atoms with Crippen LogP contribution in [0.1, 0.15) is 0 Å². The number of benzene rings is 9. The normalized spacial score (nSPS) is 11.5. The van der Waals surface area contributed by atoms with Gasteiger partial charge in [-0.2, -0.15) is 0 Å². The standard InChI is InChI=1S/C58H45N3Si/c1-62(2,3)53-34-32-44(33-35-53)57-59-56(43-30-28-42(29-31-43)55-27-13-17-41-16-7-8-26-54(41)55)60-58(61-57)52-25-12-24-51(39-52)50-23-11-22-49(38-50)48-21-10-20-47(37-48)46-19-9-18-45(36-46)40-14-5-4-6-15-40/h4-39H,1-3H3. The van der Waals surface area contributed by atoms with Crippen LogP contribution in [-0.4, -0.2) is 23.0 Å². The summed E-state index contributed by atoms with van der Waals surface area (Å²) in [5.41, 5.74) is 14.6. The van der Waals surface area contributed by atoms with E-state index in [4.69, 9.17) is 15.0 Å². The molecule has 1 aromatic heterocycles. The highest BCUT2D eigenvalue weighted by Gasteiger charge is 2.18. The first-order valence-corrected chi connectivity index (χ1v) is 24.8. The molecule has 0 unspecified atom stereocenters. The molecule has 0 aliphatic carbocycles. The van der Waals surface area contributed by atoms with Gasteiger partial charge in [0.1, 0.15) is 0 Å². The summed E-state index contributed by atoms with van der Waals surface area (Å²) in [6, 6.07) is 78.0. The topological polar surface area (TPSA) is 38.7 Å². The molecule has 9 aromatic carbocycles. The Hall–Kier alpha value is -7.53. The molecule has 0 spiro atoms. The van der Waals surface area contributed by atoms with E-state index >= 15 is 0 Å². The zero-order valence-corrected chi connectivity index (χ0v) is 36.1. The summed E-state index contributed by atoms with van der Waals surface area (Å²) in [6.45, 7) is 7.11. The van der Waals surface area contributed by atoms with Crippen molar-refractivity contribution in [2.75, 3.05) is 0 Å². The molecule has 62 heavy (non-hydrogen) atoms. The molecule has 1 heterocycles. The Balaban J connectivity index is 1.00. The molecule has 0 aliphatic rings. The minimum atomic E-state index is -1.49. The molecule has 0 saturated heterocycles. The van der Waals surface area contributed by atoms with Gasteiger partial charge in [-0.05, 0) is 90.7 Å². The number of hydrogen-bond donors (Lipinski definition) is 0. The van der Waals surface area contributed by atoms with Crippen LogP contribution in [-0.2, 0) is 0 Å². The van der Waals surface area contributed by atoms with Gasteiger partial charge in [-0.25, -0.2) is 15.0 Å². The van der Waals surface area contributed by atoms with Gasteiger partial charge in [-0.1, -0.05) is 219 Å². The molecule has 0 fully saturated rings. The van der Waals surface area contributed by atoms with Gasteiger partial charge in [-0.3, -0.25) is 0 Å². The number of rotatable bonds is 9. The van der Waals surface area contributed by atoms with Crippen LogP contribution in [0.4, 0.5) is 0 Å². The fourth-order valence-electron chi connectivity index (χ4n) is 8.26. The Bertz CT molecular complexity index is 3200. The molecule has 0 bridgehead atoms. The first-order chi connectivity index (χ1) is 30.3. The third-order valence-corrected chi connectivity index (χ3v) is 13.8. The molecule has 0 aliphatic heterocycles. The Kier molecular flexibility index (Phi) is 10.3. The van der Waals surface area contributed by atoms with Gasteiger partial charge >= 0.3 is 0 Å². The van der Waals surface area contributed by atoms with E-state index in [1.165, 1.54) is 49.3 Å². The number of hydrogen-bond acceptors (Lipinski definition) is 3. The van der Waals surface area contributed by atoms with Crippen LogP contribution in [0.25, 0.3) is 101 Å². The molecule has 10 aromatic rings. The van der Waals surface area contributed by atoms with Gasteiger partial charge < -0.3 is 0 Å². The summed E-state index contributed by atoms with van der Waals surface area (Å²) in [7, 11) is -1.49. The molecule has 0 N–H and O–H groups in total. The first-order valence-electron chi connectivity index (χ1n) is 21.3. The highest BCUT2D eigenvalue weighted by atomic mass is 28.3. The molecule has 0 amide bonds. The van der Waals surface area contributed by atoms with Crippen LogP contribution in [0.15, 0.2) is 218 Å². The Labute approximate surface area is 365 Å². The average molecular weight is 812 g/mol. The van der Waals surface area contributed by atoms with Crippen molar-refractivity contribution in [2.24, 2.45) is 0 Å². The molecule has 4 heteroatoms. The average Bonchev–Trinajstić information content (AvgIpc) is 3.34. The van der Waals surface area contributed by atoms with Crippen molar-refractivity contribution in [3.05, 3.63) is 218 Å².